The Hall–Kier alpha value is -1.92. The Morgan fingerprint density at radius 1 is 0.920 bits per heavy atom. The number of carbonyl (C=O) groups excluding carboxylic acids is 2. The van der Waals surface area contributed by atoms with Gasteiger partial charge in [0.2, 0.25) is 0 Å². The van der Waals surface area contributed by atoms with Crippen molar-refractivity contribution in [2.75, 3.05) is 14.2 Å². The van der Waals surface area contributed by atoms with E-state index in [0.29, 0.717) is 0 Å². The fourth-order valence-corrected chi connectivity index (χ4v) is 2.86. The van der Waals surface area contributed by atoms with Crippen molar-refractivity contribution in [3.63, 3.8) is 0 Å². The highest BCUT2D eigenvalue weighted by atomic mass is 16.7. The molecule has 0 bridgehead atoms. The van der Waals surface area contributed by atoms with Gasteiger partial charge in [-0.3, -0.25) is 9.59 Å². The minimum atomic E-state index is -1.19. The molecule has 6 heteroatoms. The molecule has 1 aliphatic rings. The lowest BCUT2D eigenvalue weighted by molar-refractivity contribution is -0.170. The molecular formula is C19H26O6. The third-order valence-electron chi connectivity index (χ3n) is 5.02. The second-order valence-corrected chi connectivity index (χ2v) is 7.09. The Balaban J connectivity index is 2.51. The van der Waals surface area contributed by atoms with Gasteiger partial charge in [0.15, 0.2) is 12.2 Å². The Morgan fingerprint density at radius 2 is 1.36 bits per heavy atom. The first-order valence-electron chi connectivity index (χ1n) is 8.21. The number of esters is 2. The van der Waals surface area contributed by atoms with Crippen LogP contribution in [0.4, 0.5) is 0 Å². The lowest BCUT2D eigenvalue weighted by atomic mass is 9.85. The van der Waals surface area contributed by atoms with Gasteiger partial charge in [-0.15, -0.1) is 0 Å². The maximum atomic E-state index is 12.4. The third-order valence-corrected chi connectivity index (χ3v) is 5.02. The van der Waals surface area contributed by atoms with Gasteiger partial charge < -0.3 is 18.9 Å². The second kappa shape index (κ2) is 7.14. The van der Waals surface area contributed by atoms with Gasteiger partial charge in [0.1, 0.15) is 0 Å². The van der Waals surface area contributed by atoms with Crippen molar-refractivity contribution < 1.29 is 28.5 Å². The first-order chi connectivity index (χ1) is 11.6. The summed E-state index contributed by atoms with van der Waals surface area (Å²) < 4.78 is 21.9. The van der Waals surface area contributed by atoms with Gasteiger partial charge in [-0.2, -0.15) is 0 Å². The molecule has 0 aromatic heterocycles. The van der Waals surface area contributed by atoms with Crippen LogP contribution in [0.3, 0.4) is 0 Å². The van der Waals surface area contributed by atoms with Crippen LogP contribution in [0.15, 0.2) is 30.3 Å². The largest absolute Gasteiger partial charge is 0.468 e. The second-order valence-electron chi connectivity index (χ2n) is 7.09. The molecule has 2 rings (SSSR count). The lowest BCUT2D eigenvalue weighted by Crippen LogP contribution is -2.41. The SMILES string of the molecule is COC(=O)C(C(=O)OC)C(c1ccccc1)C1OC(C)(C)C(C)(C)O1. The van der Waals surface area contributed by atoms with Crippen LogP contribution in [0.25, 0.3) is 0 Å². The standard InChI is InChI=1S/C19H26O6/c1-18(2)19(3,4)25-17(24-18)13(12-10-8-7-9-11-12)14(15(20)22-5)16(21)23-6/h7-11,13-14,17H,1-6H3. The molecule has 6 nitrogen and oxygen atoms in total. The van der Waals surface area contributed by atoms with Gasteiger partial charge in [0, 0.05) is 0 Å². The van der Waals surface area contributed by atoms with Crippen LogP contribution < -0.4 is 0 Å². The van der Waals surface area contributed by atoms with Crippen LogP contribution in [-0.2, 0) is 28.5 Å². The van der Waals surface area contributed by atoms with Crippen LogP contribution in [0, 0.1) is 5.92 Å². The number of ether oxygens (including phenoxy) is 4. The lowest BCUT2D eigenvalue weighted by Gasteiger charge is -2.30. The van der Waals surface area contributed by atoms with E-state index < -0.39 is 41.3 Å². The summed E-state index contributed by atoms with van der Waals surface area (Å²) in [6.07, 6.45) is -0.796. The predicted octanol–water partition coefficient (Wildman–Crippen LogP) is 2.66. The number of carbonyl (C=O) groups is 2. The maximum absolute atomic E-state index is 12.4. The predicted molar refractivity (Wildman–Crippen MR) is 90.8 cm³/mol. The minimum absolute atomic E-state index is 0.596. The van der Waals surface area contributed by atoms with Crippen LogP contribution in [0.2, 0.25) is 0 Å². The summed E-state index contributed by atoms with van der Waals surface area (Å²) in [5.41, 5.74) is -0.454. The smallest absolute Gasteiger partial charge is 0.320 e. The molecule has 1 aromatic rings. The summed E-state index contributed by atoms with van der Waals surface area (Å²) in [5, 5.41) is 0. The van der Waals surface area contributed by atoms with E-state index in [2.05, 4.69) is 0 Å². The van der Waals surface area contributed by atoms with Crippen molar-refractivity contribution in [3.05, 3.63) is 35.9 Å². The van der Waals surface area contributed by atoms with E-state index in [-0.39, 0.29) is 0 Å². The van der Waals surface area contributed by atoms with E-state index in [4.69, 9.17) is 18.9 Å². The molecular weight excluding hydrogens is 324 g/mol. The van der Waals surface area contributed by atoms with Gasteiger partial charge in [-0.25, -0.2) is 0 Å². The highest BCUT2D eigenvalue weighted by Crippen LogP contribution is 2.45. The molecule has 0 saturated carbocycles. The van der Waals surface area contributed by atoms with E-state index in [0.717, 1.165) is 5.56 Å². The first-order valence-corrected chi connectivity index (χ1v) is 8.21. The molecule has 1 aromatic carbocycles. The van der Waals surface area contributed by atoms with Crippen molar-refractivity contribution in [2.45, 2.75) is 51.1 Å². The number of hydrogen-bond acceptors (Lipinski definition) is 6. The van der Waals surface area contributed by atoms with Gasteiger partial charge in [0.05, 0.1) is 31.3 Å². The summed E-state index contributed by atoms with van der Waals surface area (Å²) >= 11 is 0. The van der Waals surface area contributed by atoms with Crippen LogP contribution in [0.5, 0.6) is 0 Å². The van der Waals surface area contributed by atoms with Gasteiger partial charge in [0.25, 0.3) is 0 Å². The number of methoxy groups -OCH3 is 2. The van der Waals surface area contributed by atoms with Crippen molar-refractivity contribution >= 4 is 11.9 Å². The average Bonchev–Trinajstić information content (AvgIpc) is 2.79. The van der Waals surface area contributed by atoms with Gasteiger partial charge >= 0.3 is 11.9 Å². The topological polar surface area (TPSA) is 71.1 Å². The maximum Gasteiger partial charge on any atom is 0.320 e. The summed E-state index contributed by atoms with van der Waals surface area (Å²) in [4.78, 5) is 24.7. The van der Waals surface area contributed by atoms with Crippen molar-refractivity contribution in [2.24, 2.45) is 5.92 Å². The Kier molecular flexibility index (Phi) is 5.54. The molecule has 0 radical (unpaired) electrons. The van der Waals surface area contributed by atoms with E-state index in [9.17, 15) is 9.59 Å². The Labute approximate surface area is 148 Å². The minimum Gasteiger partial charge on any atom is -0.468 e. The fourth-order valence-electron chi connectivity index (χ4n) is 2.86. The molecule has 0 amide bonds. The molecule has 1 saturated heterocycles. The average molecular weight is 350 g/mol. The van der Waals surface area contributed by atoms with Crippen LogP contribution >= 0.6 is 0 Å². The normalized spacial score (nSPS) is 20.3. The highest BCUT2D eigenvalue weighted by molar-refractivity contribution is 5.96. The molecule has 1 fully saturated rings. The van der Waals surface area contributed by atoms with Gasteiger partial charge in [-0.1, -0.05) is 30.3 Å². The number of benzene rings is 1. The monoisotopic (exact) mass is 350 g/mol. The first kappa shape index (κ1) is 19.4. The molecule has 138 valence electrons. The molecule has 1 atom stereocenters. The molecule has 0 aliphatic carbocycles. The summed E-state index contributed by atoms with van der Waals surface area (Å²) in [6.45, 7) is 7.67. The van der Waals surface area contributed by atoms with E-state index in [1.54, 1.807) is 0 Å². The number of rotatable bonds is 5. The zero-order chi connectivity index (χ0) is 18.8. The van der Waals surface area contributed by atoms with E-state index >= 15 is 0 Å². The quantitative estimate of drug-likeness (QED) is 0.601. The van der Waals surface area contributed by atoms with E-state index in [1.807, 2.05) is 58.0 Å². The summed E-state index contributed by atoms with van der Waals surface area (Å²) in [6, 6.07) is 9.18. The summed E-state index contributed by atoms with van der Waals surface area (Å²) in [5.74, 6) is -3.25. The molecule has 0 N–H and O–H groups in total. The molecule has 1 aliphatic heterocycles. The van der Waals surface area contributed by atoms with E-state index in [1.165, 1.54) is 14.2 Å². The van der Waals surface area contributed by atoms with Crippen LogP contribution in [-0.4, -0.2) is 43.7 Å². The van der Waals surface area contributed by atoms with Crippen molar-refractivity contribution in [1.29, 1.82) is 0 Å². The zero-order valence-electron chi connectivity index (χ0n) is 15.6. The zero-order valence-corrected chi connectivity index (χ0v) is 15.6. The third kappa shape index (κ3) is 3.70. The van der Waals surface area contributed by atoms with Gasteiger partial charge in [-0.05, 0) is 33.3 Å². The highest BCUT2D eigenvalue weighted by Gasteiger charge is 2.55. The fraction of sp³-hybridized carbons (Fsp3) is 0.579. The summed E-state index contributed by atoms with van der Waals surface area (Å²) in [7, 11) is 2.48. The Morgan fingerprint density at radius 3 is 1.76 bits per heavy atom. The van der Waals surface area contributed by atoms with Crippen molar-refractivity contribution in [1.82, 2.24) is 0 Å². The molecule has 0 spiro atoms. The Bertz CT molecular complexity index is 590. The number of hydrogen-bond donors (Lipinski definition) is 0. The molecule has 25 heavy (non-hydrogen) atoms. The molecule has 1 heterocycles. The van der Waals surface area contributed by atoms with Crippen LogP contribution in [0.1, 0.15) is 39.2 Å². The van der Waals surface area contributed by atoms with Crippen molar-refractivity contribution in [3.8, 4) is 0 Å². The molecule has 1 unspecified atom stereocenters.